The van der Waals surface area contributed by atoms with E-state index in [1.54, 1.807) is 0 Å². The van der Waals surface area contributed by atoms with Gasteiger partial charge in [-0.25, -0.2) is 4.98 Å². The summed E-state index contributed by atoms with van der Waals surface area (Å²) in [5, 5.41) is 9.57. The molecule has 2 aromatic rings. The fourth-order valence-electron chi connectivity index (χ4n) is 3.32. The highest BCUT2D eigenvalue weighted by Gasteiger charge is 2.27. The molecule has 1 aromatic heterocycles. The number of benzene rings is 1. The zero-order chi connectivity index (χ0) is 18.1. The molecule has 1 saturated heterocycles. The van der Waals surface area contributed by atoms with Crippen LogP contribution >= 0.6 is 0 Å². The molecule has 0 saturated carbocycles. The van der Waals surface area contributed by atoms with E-state index in [0.29, 0.717) is 31.1 Å². The minimum atomic E-state index is -0.101. The largest absolute Gasteiger partial charge is 0.380 e. The molecule has 7 heteroatoms. The van der Waals surface area contributed by atoms with E-state index in [-0.39, 0.29) is 18.0 Å². The van der Waals surface area contributed by atoms with Gasteiger partial charge in [0.1, 0.15) is 11.6 Å². The average molecular weight is 353 g/mol. The SMILES string of the molecule is Cc1ccc(Nc2nc(N[C@H]3CCOC[C@@H]3N)cc3c2C(=O)NC3)cc1. The molecule has 136 valence electrons. The van der Waals surface area contributed by atoms with Gasteiger partial charge in [-0.2, -0.15) is 0 Å². The summed E-state index contributed by atoms with van der Waals surface area (Å²) < 4.78 is 5.40. The summed E-state index contributed by atoms with van der Waals surface area (Å²) in [6.07, 6.45) is 0.831. The van der Waals surface area contributed by atoms with E-state index < -0.39 is 0 Å². The Kier molecular flexibility index (Phi) is 4.48. The predicted molar refractivity (Wildman–Crippen MR) is 101 cm³/mol. The monoisotopic (exact) mass is 353 g/mol. The van der Waals surface area contributed by atoms with Crippen molar-refractivity contribution in [3.63, 3.8) is 0 Å². The number of anilines is 3. The highest BCUT2D eigenvalue weighted by atomic mass is 16.5. The van der Waals surface area contributed by atoms with Gasteiger partial charge in [-0.3, -0.25) is 4.79 Å². The molecule has 4 rings (SSSR count). The molecule has 0 radical (unpaired) electrons. The van der Waals surface area contributed by atoms with Gasteiger partial charge in [0.25, 0.3) is 5.91 Å². The normalized spacial score (nSPS) is 21.8. The maximum Gasteiger partial charge on any atom is 0.255 e. The van der Waals surface area contributed by atoms with Crippen LogP contribution in [0, 0.1) is 6.92 Å². The van der Waals surface area contributed by atoms with Crippen molar-refractivity contribution in [2.45, 2.75) is 32.0 Å². The van der Waals surface area contributed by atoms with Gasteiger partial charge in [-0.15, -0.1) is 0 Å². The van der Waals surface area contributed by atoms with Gasteiger partial charge in [-0.05, 0) is 37.1 Å². The number of ether oxygens (including phenoxy) is 1. The summed E-state index contributed by atoms with van der Waals surface area (Å²) in [5.74, 6) is 1.18. The van der Waals surface area contributed by atoms with Crippen LogP contribution in [0.25, 0.3) is 0 Å². The Balaban J connectivity index is 1.64. The second-order valence-corrected chi connectivity index (χ2v) is 6.84. The van der Waals surface area contributed by atoms with E-state index >= 15 is 0 Å². The molecular formula is C19H23N5O2. The minimum Gasteiger partial charge on any atom is -0.380 e. The Morgan fingerprint density at radius 3 is 2.88 bits per heavy atom. The molecule has 5 N–H and O–H groups in total. The highest BCUT2D eigenvalue weighted by molar-refractivity contribution is 6.03. The lowest BCUT2D eigenvalue weighted by molar-refractivity contribution is 0.0752. The summed E-state index contributed by atoms with van der Waals surface area (Å²) in [6, 6.07) is 9.95. The lowest BCUT2D eigenvalue weighted by atomic mass is 10.0. The Morgan fingerprint density at radius 1 is 1.31 bits per heavy atom. The molecule has 1 aromatic carbocycles. The average Bonchev–Trinajstić information content (AvgIpc) is 3.00. The third kappa shape index (κ3) is 3.36. The molecule has 26 heavy (non-hydrogen) atoms. The molecular weight excluding hydrogens is 330 g/mol. The van der Waals surface area contributed by atoms with Gasteiger partial charge in [-0.1, -0.05) is 17.7 Å². The molecule has 7 nitrogen and oxygen atoms in total. The number of nitrogens with one attached hydrogen (secondary N) is 3. The zero-order valence-electron chi connectivity index (χ0n) is 14.7. The number of fused-ring (bicyclic) bond motifs is 1. The minimum absolute atomic E-state index is 0.0768. The van der Waals surface area contributed by atoms with E-state index in [1.807, 2.05) is 37.3 Å². The smallest absolute Gasteiger partial charge is 0.255 e. The molecule has 1 fully saturated rings. The summed E-state index contributed by atoms with van der Waals surface area (Å²) in [5.41, 5.74) is 9.75. The van der Waals surface area contributed by atoms with Crippen molar-refractivity contribution >= 4 is 23.2 Å². The van der Waals surface area contributed by atoms with Crippen LogP contribution in [0.4, 0.5) is 17.3 Å². The maximum atomic E-state index is 12.2. The van der Waals surface area contributed by atoms with Crippen molar-refractivity contribution in [3.8, 4) is 0 Å². The van der Waals surface area contributed by atoms with Crippen LogP contribution in [0.2, 0.25) is 0 Å². The van der Waals surface area contributed by atoms with E-state index in [2.05, 4.69) is 20.9 Å². The topological polar surface area (TPSA) is 101 Å². The fraction of sp³-hybridized carbons (Fsp3) is 0.368. The number of hydrogen-bond donors (Lipinski definition) is 4. The van der Waals surface area contributed by atoms with Crippen LogP contribution in [-0.4, -0.2) is 36.2 Å². The van der Waals surface area contributed by atoms with Crippen molar-refractivity contribution in [3.05, 3.63) is 47.0 Å². The number of pyridine rings is 1. The molecule has 0 bridgehead atoms. The standard InChI is InChI=1S/C19H23N5O2/c1-11-2-4-13(5-3-11)22-18-17-12(9-21-19(17)25)8-16(24-18)23-15-6-7-26-10-14(15)20/h2-5,8,14-15H,6-7,9-10,20H2,1H3,(H,21,25)(H2,22,23,24)/t14-,15-/m0/s1. The number of carbonyl (C=O) groups is 1. The third-order valence-electron chi connectivity index (χ3n) is 4.82. The highest BCUT2D eigenvalue weighted by Crippen LogP contribution is 2.29. The summed E-state index contributed by atoms with van der Waals surface area (Å²) in [6.45, 7) is 3.77. The Morgan fingerprint density at radius 2 is 2.12 bits per heavy atom. The van der Waals surface area contributed by atoms with Crippen LogP contribution in [0.5, 0.6) is 0 Å². The summed E-state index contributed by atoms with van der Waals surface area (Å²) in [4.78, 5) is 16.9. The van der Waals surface area contributed by atoms with Crippen LogP contribution < -0.4 is 21.7 Å². The van der Waals surface area contributed by atoms with Gasteiger partial charge in [0.05, 0.1) is 12.2 Å². The Hall–Kier alpha value is -2.64. The number of hydrogen-bond acceptors (Lipinski definition) is 6. The number of nitrogens with two attached hydrogens (primary N) is 1. The first-order valence-corrected chi connectivity index (χ1v) is 8.86. The van der Waals surface area contributed by atoms with Crippen LogP contribution in [0.3, 0.4) is 0 Å². The van der Waals surface area contributed by atoms with Gasteiger partial charge in [0, 0.05) is 30.9 Å². The van der Waals surface area contributed by atoms with Gasteiger partial charge < -0.3 is 26.4 Å². The van der Waals surface area contributed by atoms with Crippen molar-refractivity contribution < 1.29 is 9.53 Å². The molecule has 2 aliphatic rings. The molecule has 0 unspecified atom stereocenters. The number of nitrogens with zero attached hydrogens (tertiary/aromatic N) is 1. The van der Waals surface area contributed by atoms with Crippen LogP contribution in [-0.2, 0) is 11.3 Å². The number of aryl methyl sites for hydroxylation is 1. The van der Waals surface area contributed by atoms with Gasteiger partial charge in [0.15, 0.2) is 0 Å². The number of amides is 1. The fourth-order valence-corrected chi connectivity index (χ4v) is 3.32. The van der Waals surface area contributed by atoms with Crippen molar-refractivity contribution in [1.29, 1.82) is 0 Å². The summed E-state index contributed by atoms with van der Waals surface area (Å²) in [7, 11) is 0. The van der Waals surface area contributed by atoms with Crippen LogP contribution in [0.1, 0.15) is 27.9 Å². The second kappa shape index (κ2) is 6.93. The first-order valence-electron chi connectivity index (χ1n) is 8.86. The molecule has 1 amide bonds. The Labute approximate surface area is 152 Å². The Bertz CT molecular complexity index is 821. The summed E-state index contributed by atoms with van der Waals surface area (Å²) >= 11 is 0. The second-order valence-electron chi connectivity index (χ2n) is 6.84. The molecule has 0 spiro atoms. The molecule has 2 atom stereocenters. The lowest BCUT2D eigenvalue weighted by Crippen LogP contribution is -2.47. The van der Waals surface area contributed by atoms with E-state index in [1.165, 1.54) is 5.56 Å². The zero-order valence-corrected chi connectivity index (χ0v) is 14.7. The molecule has 2 aliphatic heterocycles. The molecule has 3 heterocycles. The maximum absolute atomic E-state index is 12.2. The van der Waals surface area contributed by atoms with Gasteiger partial charge >= 0.3 is 0 Å². The quantitative estimate of drug-likeness (QED) is 0.670. The lowest BCUT2D eigenvalue weighted by Gasteiger charge is -2.30. The van der Waals surface area contributed by atoms with Crippen molar-refractivity contribution in [1.82, 2.24) is 10.3 Å². The van der Waals surface area contributed by atoms with E-state index in [4.69, 9.17) is 10.5 Å². The van der Waals surface area contributed by atoms with E-state index in [0.717, 1.165) is 23.5 Å². The number of carbonyl (C=O) groups excluding carboxylic acids is 1. The van der Waals surface area contributed by atoms with Crippen molar-refractivity contribution in [2.24, 2.45) is 5.73 Å². The van der Waals surface area contributed by atoms with E-state index in [9.17, 15) is 4.79 Å². The third-order valence-corrected chi connectivity index (χ3v) is 4.82. The van der Waals surface area contributed by atoms with Crippen molar-refractivity contribution in [2.75, 3.05) is 23.8 Å². The number of rotatable bonds is 4. The van der Waals surface area contributed by atoms with Gasteiger partial charge in [0.2, 0.25) is 0 Å². The predicted octanol–water partition coefficient (Wildman–Crippen LogP) is 1.91. The first-order chi connectivity index (χ1) is 12.6. The van der Waals surface area contributed by atoms with Crippen LogP contribution in [0.15, 0.2) is 30.3 Å². The molecule has 0 aliphatic carbocycles. The number of aromatic nitrogens is 1. The first kappa shape index (κ1) is 16.8.